The fourth-order valence-corrected chi connectivity index (χ4v) is 1.39. The van der Waals surface area contributed by atoms with Crippen molar-refractivity contribution in [2.45, 2.75) is 26.5 Å². The molecule has 0 aliphatic carbocycles. The van der Waals surface area contributed by atoms with Crippen LogP contribution in [-0.4, -0.2) is 25.7 Å². The van der Waals surface area contributed by atoms with Crippen molar-refractivity contribution in [3.63, 3.8) is 0 Å². The van der Waals surface area contributed by atoms with Crippen LogP contribution in [0.1, 0.15) is 19.4 Å². The van der Waals surface area contributed by atoms with Gasteiger partial charge in [0, 0.05) is 6.54 Å². The van der Waals surface area contributed by atoms with Gasteiger partial charge in [-0.2, -0.15) is 0 Å². The molecular weight excluding hydrogens is 232 g/mol. The highest BCUT2D eigenvalue weighted by Gasteiger charge is 2.09. The molecule has 3 N–H and O–H groups in total. The number of amides is 1. The molecule has 0 bridgehead atoms. The van der Waals surface area contributed by atoms with Gasteiger partial charge in [-0.1, -0.05) is 6.07 Å². The Hall–Kier alpha value is -1.59. The molecule has 0 aliphatic rings. The lowest BCUT2D eigenvalue weighted by Gasteiger charge is -2.12. The summed E-state index contributed by atoms with van der Waals surface area (Å²) in [4.78, 5) is 11.6. The van der Waals surface area contributed by atoms with Crippen LogP contribution in [0.4, 0.5) is 5.69 Å². The first-order valence-electron chi connectivity index (χ1n) is 5.85. The Balaban J connectivity index is 2.68. The second-order valence-electron chi connectivity index (χ2n) is 4.15. The van der Waals surface area contributed by atoms with Crippen molar-refractivity contribution >= 4 is 11.6 Å². The zero-order valence-corrected chi connectivity index (χ0v) is 11.0. The summed E-state index contributed by atoms with van der Waals surface area (Å²) in [7, 11) is 1.55. The van der Waals surface area contributed by atoms with Gasteiger partial charge in [0.1, 0.15) is 12.4 Å². The van der Waals surface area contributed by atoms with Gasteiger partial charge in [0.2, 0.25) is 5.91 Å². The van der Waals surface area contributed by atoms with Crippen LogP contribution in [0.15, 0.2) is 18.2 Å². The molecule has 0 saturated heterocycles. The van der Waals surface area contributed by atoms with E-state index in [0.29, 0.717) is 18.0 Å². The van der Waals surface area contributed by atoms with Crippen LogP contribution in [0.5, 0.6) is 5.75 Å². The molecule has 0 aliphatic heterocycles. The van der Waals surface area contributed by atoms with E-state index < -0.39 is 0 Å². The number of carbonyl (C=O) groups is 1. The molecule has 0 fully saturated rings. The van der Waals surface area contributed by atoms with Gasteiger partial charge in [-0.05, 0) is 31.5 Å². The molecule has 0 saturated carbocycles. The van der Waals surface area contributed by atoms with Crippen molar-refractivity contribution < 1.29 is 14.3 Å². The maximum Gasteiger partial charge on any atom is 0.250 e. The van der Waals surface area contributed by atoms with Gasteiger partial charge in [-0.25, -0.2) is 0 Å². The molecule has 0 atom stereocenters. The number of nitrogens with one attached hydrogen (secondary N) is 1. The average Bonchev–Trinajstić information content (AvgIpc) is 2.36. The molecule has 0 heterocycles. The zero-order chi connectivity index (χ0) is 13.5. The Morgan fingerprint density at radius 1 is 1.44 bits per heavy atom. The molecule has 0 aromatic heterocycles. The van der Waals surface area contributed by atoms with E-state index in [-0.39, 0.29) is 18.6 Å². The zero-order valence-electron chi connectivity index (χ0n) is 11.0. The van der Waals surface area contributed by atoms with Crippen molar-refractivity contribution in [3.8, 4) is 5.75 Å². The van der Waals surface area contributed by atoms with Crippen LogP contribution in [-0.2, 0) is 16.1 Å². The number of anilines is 1. The van der Waals surface area contributed by atoms with Crippen LogP contribution in [0, 0.1) is 0 Å². The Kier molecular flexibility index (Phi) is 5.61. The van der Waals surface area contributed by atoms with E-state index in [1.807, 2.05) is 19.9 Å². The van der Waals surface area contributed by atoms with E-state index in [1.54, 1.807) is 19.2 Å². The van der Waals surface area contributed by atoms with E-state index in [1.165, 1.54) is 0 Å². The second kappa shape index (κ2) is 6.98. The molecule has 0 radical (unpaired) electrons. The number of carbonyl (C=O) groups excluding carboxylic acids is 1. The summed E-state index contributed by atoms with van der Waals surface area (Å²) in [5.74, 6) is 0.387. The van der Waals surface area contributed by atoms with Gasteiger partial charge in [0.15, 0.2) is 0 Å². The first-order chi connectivity index (χ1) is 8.56. The van der Waals surface area contributed by atoms with E-state index in [2.05, 4.69) is 5.32 Å². The van der Waals surface area contributed by atoms with Crippen molar-refractivity contribution in [2.75, 3.05) is 19.0 Å². The molecule has 1 aromatic rings. The third kappa shape index (κ3) is 4.35. The Labute approximate surface area is 107 Å². The standard InChI is InChI=1S/C13H20N2O3/c1-9(2)18-8-13(16)15-11-5-4-10(7-14)6-12(11)17-3/h4-6,9H,7-8,14H2,1-3H3,(H,15,16). The predicted octanol–water partition coefficient (Wildman–Crippen LogP) is 1.52. The van der Waals surface area contributed by atoms with Crippen molar-refractivity contribution in [1.82, 2.24) is 0 Å². The van der Waals surface area contributed by atoms with Crippen LogP contribution >= 0.6 is 0 Å². The highest BCUT2D eigenvalue weighted by atomic mass is 16.5. The van der Waals surface area contributed by atoms with Gasteiger partial charge in [0.05, 0.1) is 18.9 Å². The fraction of sp³-hybridized carbons (Fsp3) is 0.462. The van der Waals surface area contributed by atoms with Gasteiger partial charge in [0.25, 0.3) is 0 Å². The first-order valence-corrected chi connectivity index (χ1v) is 5.85. The normalized spacial score (nSPS) is 10.5. The largest absolute Gasteiger partial charge is 0.495 e. The second-order valence-corrected chi connectivity index (χ2v) is 4.15. The number of nitrogens with two attached hydrogens (primary N) is 1. The van der Waals surface area contributed by atoms with E-state index in [0.717, 1.165) is 5.56 Å². The molecule has 5 nitrogen and oxygen atoms in total. The first kappa shape index (κ1) is 14.5. The van der Waals surface area contributed by atoms with Crippen LogP contribution in [0.25, 0.3) is 0 Å². The number of ether oxygens (including phenoxy) is 2. The minimum Gasteiger partial charge on any atom is -0.495 e. The number of hydrogen-bond donors (Lipinski definition) is 2. The quantitative estimate of drug-likeness (QED) is 0.805. The summed E-state index contributed by atoms with van der Waals surface area (Å²) in [6.07, 6.45) is 0.0252. The van der Waals surface area contributed by atoms with Crippen molar-refractivity contribution in [1.29, 1.82) is 0 Å². The third-order valence-electron chi connectivity index (χ3n) is 2.32. The SMILES string of the molecule is COc1cc(CN)ccc1NC(=O)COC(C)C. The summed E-state index contributed by atoms with van der Waals surface area (Å²) < 4.78 is 10.4. The molecule has 100 valence electrons. The molecule has 1 rings (SSSR count). The maximum absolute atomic E-state index is 11.6. The van der Waals surface area contributed by atoms with Crippen LogP contribution in [0.2, 0.25) is 0 Å². The number of rotatable bonds is 6. The summed E-state index contributed by atoms with van der Waals surface area (Å²) in [5, 5.41) is 2.74. The van der Waals surface area contributed by atoms with Crippen molar-refractivity contribution in [3.05, 3.63) is 23.8 Å². The Morgan fingerprint density at radius 2 is 2.17 bits per heavy atom. The smallest absolute Gasteiger partial charge is 0.250 e. The third-order valence-corrected chi connectivity index (χ3v) is 2.32. The molecule has 0 unspecified atom stereocenters. The Morgan fingerprint density at radius 3 is 2.72 bits per heavy atom. The molecule has 1 amide bonds. The van der Waals surface area contributed by atoms with Gasteiger partial charge in [-0.3, -0.25) is 4.79 Å². The number of hydrogen-bond acceptors (Lipinski definition) is 4. The lowest BCUT2D eigenvalue weighted by Crippen LogP contribution is -2.21. The van der Waals surface area contributed by atoms with Gasteiger partial charge >= 0.3 is 0 Å². The topological polar surface area (TPSA) is 73.6 Å². The molecule has 1 aromatic carbocycles. The van der Waals surface area contributed by atoms with E-state index in [9.17, 15) is 4.79 Å². The molecular formula is C13H20N2O3. The van der Waals surface area contributed by atoms with Crippen LogP contribution < -0.4 is 15.8 Å². The minimum absolute atomic E-state index is 0.0252. The van der Waals surface area contributed by atoms with E-state index in [4.69, 9.17) is 15.2 Å². The number of methoxy groups -OCH3 is 1. The monoisotopic (exact) mass is 252 g/mol. The van der Waals surface area contributed by atoms with E-state index >= 15 is 0 Å². The Bertz CT molecular complexity index is 405. The minimum atomic E-state index is -0.206. The van der Waals surface area contributed by atoms with Crippen LogP contribution in [0.3, 0.4) is 0 Å². The molecule has 0 spiro atoms. The highest BCUT2D eigenvalue weighted by molar-refractivity contribution is 5.93. The summed E-state index contributed by atoms with van der Waals surface area (Å²) in [6, 6.07) is 5.43. The average molecular weight is 252 g/mol. The lowest BCUT2D eigenvalue weighted by atomic mass is 10.2. The lowest BCUT2D eigenvalue weighted by molar-refractivity contribution is -0.121. The van der Waals surface area contributed by atoms with Gasteiger partial charge in [-0.15, -0.1) is 0 Å². The molecule has 18 heavy (non-hydrogen) atoms. The number of benzene rings is 1. The highest BCUT2D eigenvalue weighted by Crippen LogP contribution is 2.25. The summed E-state index contributed by atoms with van der Waals surface area (Å²) in [5.41, 5.74) is 7.11. The maximum atomic E-state index is 11.6. The fourth-order valence-electron chi connectivity index (χ4n) is 1.39. The summed E-state index contributed by atoms with van der Waals surface area (Å²) in [6.45, 7) is 4.22. The summed E-state index contributed by atoms with van der Waals surface area (Å²) >= 11 is 0. The van der Waals surface area contributed by atoms with Gasteiger partial charge < -0.3 is 20.5 Å². The predicted molar refractivity (Wildman–Crippen MR) is 70.6 cm³/mol. The molecule has 5 heteroatoms. The van der Waals surface area contributed by atoms with Crippen molar-refractivity contribution in [2.24, 2.45) is 5.73 Å².